The number of carbonyl (C=O) groups is 1. The molecule has 1 amide bonds. The zero-order chi connectivity index (χ0) is 12.5. The molecule has 0 aromatic carbocycles. The van der Waals surface area contributed by atoms with Gasteiger partial charge in [-0.15, -0.1) is 0 Å². The number of aromatic nitrogens is 1. The molecule has 0 saturated carbocycles. The number of nitrogens with zero attached hydrogens (tertiary/aromatic N) is 2. The van der Waals surface area contributed by atoms with Crippen molar-refractivity contribution in [2.75, 3.05) is 19.6 Å². The number of pyridine rings is 1. The van der Waals surface area contributed by atoms with Crippen molar-refractivity contribution >= 4 is 5.91 Å². The number of nitrogens with one attached hydrogen (secondary N) is 2. The van der Waals surface area contributed by atoms with Gasteiger partial charge in [0.25, 0.3) is 5.91 Å². The smallest absolute Gasteiger partial charge is 0.269 e. The maximum atomic E-state index is 11.6. The highest BCUT2D eigenvalue weighted by atomic mass is 16.1. The lowest BCUT2D eigenvalue weighted by Crippen LogP contribution is -2.27. The van der Waals surface area contributed by atoms with Crippen molar-refractivity contribution in [2.24, 2.45) is 0 Å². The minimum Gasteiger partial charge on any atom is -0.351 e. The van der Waals surface area contributed by atoms with Crippen LogP contribution in [0, 0.1) is 11.3 Å². The van der Waals surface area contributed by atoms with E-state index in [1.165, 1.54) is 6.20 Å². The van der Waals surface area contributed by atoms with Crippen molar-refractivity contribution < 1.29 is 4.79 Å². The van der Waals surface area contributed by atoms with Crippen LogP contribution in [-0.4, -0.2) is 30.5 Å². The SMILES string of the molecule is CCNCCCNC(=O)c1ccc(C#N)cn1. The largest absolute Gasteiger partial charge is 0.351 e. The molecule has 0 aliphatic rings. The van der Waals surface area contributed by atoms with E-state index < -0.39 is 0 Å². The normalized spacial score (nSPS) is 9.65. The van der Waals surface area contributed by atoms with Crippen molar-refractivity contribution in [3.63, 3.8) is 0 Å². The Morgan fingerprint density at radius 2 is 2.29 bits per heavy atom. The summed E-state index contributed by atoms with van der Waals surface area (Å²) in [6, 6.07) is 5.09. The van der Waals surface area contributed by atoms with Gasteiger partial charge < -0.3 is 10.6 Å². The van der Waals surface area contributed by atoms with E-state index in [-0.39, 0.29) is 5.91 Å². The van der Waals surface area contributed by atoms with Gasteiger partial charge in [0.05, 0.1) is 5.56 Å². The van der Waals surface area contributed by atoms with Crippen LogP contribution in [0.3, 0.4) is 0 Å². The molecule has 1 aromatic heterocycles. The van der Waals surface area contributed by atoms with E-state index in [2.05, 4.69) is 15.6 Å². The average Bonchev–Trinajstić information content (AvgIpc) is 2.38. The lowest BCUT2D eigenvalue weighted by molar-refractivity contribution is 0.0948. The Bertz CT molecular complexity index is 394. The fraction of sp³-hybridized carbons (Fsp3) is 0.417. The molecule has 0 saturated heterocycles. The van der Waals surface area contributed by atoms with Gasteiger partial charge in [-0.2, -0.15) is 5.26 Å². The summed E-state index contributed by atoms with van der Waals surface area (Å²) >= 11 is 0. The highest BCUT2D eigenvalue weighted by molar-refractivity contribution is 5.92. The van der Waals surface area contributed by atoms with Crippen LogP contribution in [0.5, 0.6) is 0 Å². The maximum absolute atomic E-state index is 11.6. The maximum Gasteiger partial charge on any atom is 0.269 e. The second kappa shape index (κ2) is 7.36. The first kappa shape index (κ1) is 13.1. The van der Waals surface area contributed by atoms with Crippen LogP contribution in [0.25, 0.3) is 0 Å². The molecule has 0 aliphatic heterocycles. The van der Waals surface area contributed by atoms with E-state index in [1.54, 1.807) is 12.1 Å². The number of carbonyl (C=O) groups excluding carboxylic acids is 1. The van der Waals surface area contributed by atoms with E-state index in [1.807, 2.05) is 13.0 Å². The molecule has 0 unspecified atom stereocenters. The van der Waals surface area contributed by atoms with Crippen LogP contribution in [0.4, 0.5) is 0 Å². The van der Waals surface area contributed by atoms with E-state index in [0.29, 0.717) is 17.8 Å². The van der Waals surface area contributed by atoms with E-state index >= 15 is 0 Å². The summed E-state index contributed by atoms with van der Waals surface area (Å²) in [4.78, 5) is 15.5. The molecule has 5 nitrogen and oxygen atoms in total. The predicted molar refractivity (Wildman–Crippen MR) is 64.4 cm³/mol. The summed E-state index contributed by atoms with van der Waals surface area (Å²) in [5.74, 6) is -0.203. The molecule has 0 atom stereocenters. The summed E-state index contributed by atoms with van der Waals surface area (Å²) in [5, 5.41) is 14.5. The topological polar surface area (TPSA) is 77.8 Å². The van der Waals surface area contributed by atoms with Crippen LogP contribution in [-0.2, 0) is 0 Å². The third kappa shape index (κ3) is 4.62. The third-order valence-electron chi connectivity index (χ3n) is 2.19. The summed E-state index contributed by atoms with van der Waals surface area (Å²) < 4.78 is 0. The predicted octanol–water partition coefficient (Wildman–Crippen LogP) is 0.683. The molecule has 0 radical (unpaired) electrons. The Labute approximate surface area is 101 Å². The Morgan fingerprint density at radius 1 is 1.47 bits per heavy atom. The first-order valence-electron chi connectivity index (χ1n) is 5.63. The Hall–Kier alpha value is -1.93. The monoisotopic (exact) mass is 232 g/mol. The van der Waals surface area contributed by atoms with Crippen molar-refractivity contribution in [1.82, 2.24) is 15.6 Å². The van der Waals surface area contributed by atoms with Crippen molar-refractivity contribution in [2.45, 2.75) is 13.3 Å². The van der Waals surface area contributed by atoms with Crippen molar-refractivity contribution in [3.8, 4) is 6.07 Å². The van der Waals surface area contributed by atoms with Crippen molar-refractivity contribution in [1.29, 1.82) is 5.26 Å². The van der Waals surface area contributed by atoms with Crippen LogP contribution >= 0.6 is 0 Å². The number of hydrogen-bond acceptors (Lipinski definition) is 4. The van der Waals surface area contributed by atoms with Gasteiger partial charge in [-0.3, -0.25) is 4.79 Å². The first-order chi connectivity index (χ1) is 8.27. The standard InChI is InChI=1S/C12H16N4O/c1-2-14-6-3-7-15-12(17)11-5-4-10(8-13)9-16-11/h4-5,9,14H,2-3,6-7H2,1H3,(H,15,17). The quantitative estimate of drug-likeness (QED) is 0.707. The number of hydrogen-bond donors (Lipinski definition) is 2. The molecule has 2 N–H and O–H groups in total. The minimum absolute atomic E-state index is 0.203. The molecule has 0 bridgehead atoms. The lowest BCUT2D eigenvalue weighted by atomic mass is 10.2. The molecule has 1 rings (SSSR count). The van der Waals surface area contributed by atoms with E-state index in [0.717, 1.165) is 19.5 Å². The molecule has 5 heteroatoms. The van der Waals surface area contributed by atoms with Gasteiger partial charge in [0.2, 0.25) is 0 Å². The van der Waals surface area contributed by atoms with Crippen molar-refractivity contribution in [3.05, 3.63) is 29.6 Å². The summed E-state index contributed by atoms with van der Waals surface area (Å²) in [6.45, 7) is 4.48. The molecule has 0 spiro atoms. The second-order valence-electron chi connectivity index (χ2n) is 3.51. The van der Waals surface area contributed by atoms with Gasteiger partial charge in [0, 0.05) is 12.7 Å². The molecule has 90 valence electrons. The van der Waals surface area contributed by atoms with Gasteiger partial charge in [-0.05, 0) is 31.6 Å². The molecule has 0 aliphatic carbocycles. The highest BCUT2D eigenvalue weighted by Gasteiger charge is 2.05. The lowest BCUT2D eigenvalue weighted by Gasteiger charge is -2.04. The zero-order valence-electron chi connectivity index (χ0n) is 9.86. The summed E-state index contributed by atoms with van der Waals surface area (Å²) in [5.41, 5.74) is 0.793. The van der Waals surface area contributed by atoms with Gasteiger partial charge in [0.1, 0.15) is 11.8 Å². The average molecular weight is 232 g/mol. The Balaban J connectivity index is 2.34. The van der Waals surface area contributed by atoms with E-state index in [9.17, 15) is 4.79 Å². The molecule has 17 heavy (non-hydrogen) atoms. The zero-order valence-corrected chi connectivity index (χ0v) is 9.86. The van der Waals surface area contributed by atoms with Crippen LogP contribution in [0.15, 0.2) is 18.3 Å². The minimum atomic E-state index is -0.203. The molecule has 1 aromatic rings. The third-order valence-corrected chi connectivity index (χ3v) is 2.19. The molecular formula is C12H16N4O. The second-order valence-corrected chi connectivity index (χ2v) is 3.51. The summed E-state index contributed by atoms with van der Waals surface area (Å²) in [7, 11) is 0. The highest BCUT2D eigenvalue weighted by Crippen LogP contribution is 1.98. The van der Waals surface area contributed by atoms with Crippen LogP contribution in [0.1, 0.15) is 29.4 Å². The Kier molecular flexibility index (Phi) is 5.69. The van der Waals surface area contributed by atoms with E-state index in [4.69, 9.17) is 5.26 Å². The Morgan fingerprint density at radius 3 is 2.88 bits per heavy atom. The molecular weight excluding hydrogens is 216 g/mol. The van der Waals surface area contributed by atoms with Crippen LogP contribution < -0.4 is 10.6 Å². The van der Waals surface area contributed by atoms with Gasteiger partial charge in [-0.1, -0.05) is 6.92 Å². The van der Waals surface area contributed by atoms with Gasteiger partial charge >= 0.3 is 0 Å². The molecule has 0 fully saturated rings. The van der Waals surface area contributed by atoms with Gasteiger partial charge in [0.15, 0.2) is 0 Å². The number of rotatable bonds is 6. The number of amides is 1. The fourth-order valence-corrected chi connectivity index (χ4v) is 1.28. The number of nitriles is 1. The first-order valence-corrected chi connectivity index (χ1v) is 5.63. The van der Waals surface area contributed by atoms with Gasteiger partial charge in [-0.25, -0.2) is 4.98 Å². The fourth-order valence-electron chi connectivity index (χ4n) is 1.28. The van der Waals surface area contributed by atoms with Crippen LogP contribution in [0.2, 0.25) is 0 Å². The summed E-state index contributed by atoms with van der Waals surface area (Å²) in [6.07, 6.45) is 2.28. The molecule has 1 heterocycles.